The maximum absolute atomic E-state index is 13.0. The molecule has 0 spiro atoms. The number of carbonyl (C=O) groups is 2. The van der Waals surface area contributed by atoms with Gasteiger partial charge in [0.1, 0.15) is 11.8 Å². The molecule has 1 atom stereocenters. The lowest BCUT2D eigenvalue weighted by molar-refractivity contribution is -0.132. The fraction of sp³-hybridized carbons (Fsp3) is 0.0909. The summed E-state index contributed by atoms with van der Waals surface area (Å²) in [4.78, 5) is 28.3. The molecule has 1 aliphatic heterocycles. The lowest BCUT2D eigenvalue weighted by atomic mass is 9.98. The molecular formula is C22H15BrClNO3S. The Morgan fingerprint density at radius 1 is 1.14 bits per heavy atom. The number of carbonyl (C=O) groups excluding carboxylic acids is 2. The van der Waals surface area contributed by atoms with Gasteiger partial charge in [-0.05, 0) is 54.3 Å². The van der Waals surface area contributed by atoms with Crippen LogP contribution in [0.1, 0.15) is 22.0 Å². The fourth-order valence-electron chi connectivity index (χ4n) is 3.40. The average molecular weight is 489 g/mol. The van der Waals surface area contributed by atoms with Crippen molar-refractivity contribution in [1.82, 2.24) is 0 Å². The molecule has 146 valence electrons. The zero-order valence-electron chi connectivity index (χ0n) is 15.2. The van der Waals surface area contributed by atoms with E-state index in [1.807, 2.05) is 18.4 Å². The first-order valence-electron chi connectivity index (χ1n) is 8.75. The van der Waals surface area contributed by atoms with Crippen LogP contribution in [0.3, 0.4) is 0 Å². The van der Waals surface area contributed by atoms with Crippen LogP contribution in [0.15, 0.2) is 70.0 Å². The van der Waals surface area contributed by atoms with Crippen molar-refractivity contribution in [2.75, 3.05) is 4.90 Å². The van der Waals surface area contributed by atoms with Gasteiger partial charge in [-0.15, -0.1) is 11.3 Å². The molecule has 1 fully saturated rings. The van der Waals surface area contributed by atoms with Crippen molar-refractivity contribution in [3.05, 3.63) is 91.0 Å². The Morgan fingerprint density at radius 3 is 2.48 bits per heavy atom. The van der Waals surface area contributed by atoms with Gasteiger partial charge in [0.05, 0.1) is 5.57 Å². The number of thiophene rings is 1. The van der Waals surface area contributed by atoms with Crippen molar-refractivity contribution in [2.24, 2.45) is 0 Å². The molecule has 0 bridgehead atoms. The van der Waals surface area contributed by atoms with Gasteiger partial charge in [0.2, 0.25) is 0 Å². The number of aryl methyl sites for hydroxylation is 1. The van der Waals surface area contributed by atoms with Gasteiger partial charge in [0.25, 0.3) is 11.7 Å². The van der Waals surface area contributed by atoms with E-state index in [1.165, 1.54) is 16.2 Å². The normalized spacial score (nSPS) is 18.4. The standard InChI is InChI=1S/C22H15BrClNO3S/c1-12-9-10-29-21(12)18-17(19(26)13-5-7-14(23)8-6-13)20(27)22(28)25(18)16-4-2-3-15(24)11-16/h2-11,18,26H,1H3/b19-17-. The van der Waals surface area contributed by atoms with Crippen molar-refractivity contribution in [2.45, 2.75) is 13.0 Å². The highest BCUT2D eigenvalue weighted by molar-refractivity contribution is 9.10. The van der Waals surface area contributed by atoms with Crippen molar-refractivity contribution in [3.8, 4) is 0 Å². The van der Waals surface area contributed by atoms with E-state index in [4.69, 9.17) is 11.6 Å². The monoisotopic (exact) mass is 487 g/mol. The largest absolute Gasteiger partial charge is 0.507 e. The van der Waals surface area contributed by atoms with E-state index in [0.29, 0.717) is 16.3 Å². The van der Waals surface area contributed by atoms with Crippen LogP contribution in [0.5, 0.6) is 0 Å². The second-order valence-electron chi connectivity index (χ2n) is 6.62. The summed E-state index contributed by atoms with van der Waals surface area (Å²) in [6.45, 7) is 1.92. The van der Waals surface area contributed by atoms with Crippen LogP contribution in [0.4, 0.5) is 5.69 Å². The zero-order valence-corrected chi connectivity index (χ0v) is 18.4. The van der Waals surface area contributed by atoms with E-state index in [-0.39, 0.29) is 11.3 Å². The maximum atomic E-state index is 13.0. The van der Waals surface area contributed by atoms with Gasteiger partial charge in [-0.25, -0.2) is 0 Å². The molecule has 0 aliphatic carbocycles. The molecule has 2 aromatic carbocycles. The van der Waals surface area contributed by atoms with E-state index < -0.39 is 17.7 Å². The first kappa shape index (κ1) is 19.9. The summed E-state index contributed by atoms with van der Waals surface area (Å²) in [5.74, 6) is -1.61. The molecule has 29 heavy (non-hydrogen) atoms. The van der Waals surface area contributed by atoms with Crippen molar-refractivity contribution < 1.29 is 14.7 Å². The lowest BCUT2D eigenvalue weighted by Crippen LogP contribution is -2.29. The van der Waals surface area contributed by atoms with Gasteiger partial charge < -0.3 is 5.11 Å². The number of nitrogens with zero attached hydrogens (tertiary/aromatic N) is 1. The van der Waals surface area contributed by atoms with Gasteiger partial charge in [-0.2, -0.15) is 0 Å². The molecule has 7 heteroatoms. The van der Waals surface area contributed by atoms with Crippen LogP contribution in [0, 0.1) is 6.92 Å². The van der Waals surface area contributed by atoms with Gasteiger partial charge in [-0.3, -0.25) is 14.5 Å². The topological polar surface area (TPSA) is 57.6 Å². The Bertz CT molecular complexity index is 1150. The molecule has 1 aliphatic rings. The fourth-order valence-corrected chi connectivity index (χ4v) is 4.87. The van der Waals surface area contributed by atoms with E-state index in [1.54, 1.807) is 48.5 Å². The summed E-state index contributed by atoms with van der Waals surface area (Å²) >= 11 is 10.9. The van der Waals surface area contributed by atoms with Crippen LogP contribution in [0.25, 0.3) is 5.76 Å². The highest BCUT2D eigenvalue weighted by atomic mass is 79.9. The van der Waals surface area contributed by atoms with Crippen LogP contribution in [0.2, 0.25) is 5.02 Å². The minimum Gasteiger partial charge on any atom is -0.507 e. The number of rotatable bonds is 3. The van der Waals surface area contributed by atoms with E-state index in [9.17, 15) is 14.7 Å². The highest BCUT2D eigenvalue weighted by Crippen LogP contribution is 2.45. The number of Topliss-reactive ketones (excluding diaryl/α,β-unsaturated/α-hetero) is 1. The van der Waals surface area contributed by atoms with Gasteiger partial charge in [0.15, 0.2) is 0 Å². The van der Waals surface area contributed by atoms with Crippen LogP contribution in [-0.4, -0.2) is 16.8 Å². The summed E-state index contributed by atoms with van der Waals surface area (Å²) in [6, 6.07) is 14.9. The number of benzene rings is 2. The number of anilines is 1. The molecular weight excluding hydrogens is 474 g/mol. The molecule has 1 N–H and O–H groups in total. The Balaban J connectivity index is 1.96. The van der Waals surface area contributed by atoms with E-state index >= 15 is 0 Å². The zero-order chi connectivity index (χ0) is 20.7. The predicted molar refractivity (Wildman–Crippen MR) is 119 cm³/mol. The molecule has 4 rings (SSSR count). The molecule has 0 radical (unpaired) electrons. The van der Waals surface area contributed by atoms with Crippen molar-refractivity contribution >= 4 is 62.0 Å². The molecule has 2 heterocycles. The number of aliphatic hydroxyl groups is 1. The summed E-state index contributed by atoms with van der Waals surface area (Å²) in [5, 5.41) is 13.4. The quantitative estimate of drug-likeness (QED) is 0.275. The Labute approximate surface area is 185 Å². The third-order valence-corrected chi connectivity index (χ3v) is 6.63. The minimum atomic E-state index is -0.725. The number of halogens is 2. The maximum Gasteiger partial charge on any atom is 0.300 e. The summed E-state index contributed by atoms with van der Waals surface area (Å²) in [7, 11) is 0. The molecule has 1 saturated heterocycles. The number of aliphatic hydroxyl groups excluding tert-OH is 1. The third-order valence-electron chi connectivity index (χ3n) is 4.80. The summed E-state index contributed by atoms with van der Waals surface area (Å²) in [5.41, 5.74) is 1.99. The van der Waals surface area contributed by atoms with Crippen LogP contribution < -0.4 is 4.90 Å². The molecule has 3 aromatic rings. The molecule has 1 aromatic heterocycles. The van der Waals surface area contributed by atoms with Gasteiger partial charge in [-0.1, -0.05) is 45.7 Å². The SMILES string of the molecule is Cc1ccsc1C1/C(=C(/O)c2ccc(Br)cc2)C(=O)C(=O)N1c1cccc(Cl)c1. The van der Waals surface area contributed by atoms with Gasteiger partial charge in [0, 0.05) is 25.6 Å². The second kappa shape index (κ2) is 7.78. The molecule has 4 nitrogen and oxygen atoms in total. The first-order valence-corrected chi connectivity index (χ1v) is 10.8. The molecule has 1 unspecified atom stereocenters. The number of amides is 1. The van der Waals surface area contributed by atoms with Crippen LogP contribution in [-0.2, 0) is 9.59 Å². The van der Waals surface area contributed by atoms with Crippen molar-refractivity contribution in [3.63, 3.8) is 0 Å². The lowest BCUT2D eigenvalue weighted by Gasteiger charge is -2.25. The Hall–Kier alpha value is -2.41. The third kappa shape index (κ3) is 3.52. The van der Waals surface area contributed by atoms with Gasteiger partial charge >= 0.3 is 0 Å². The predicted octanol–water partition coefficient (Wildman–Crippen LogP) is 6.10. The Morgan fingerprint density at radius 2 is 1.86 bits per heavy atom. The summed E-state index contributed by atoms with van der Waals surface area (Å²) in [6.07, 6.45) is 0. The van der Waals surface area contributed by atoms with Crippen LogP contribution >= 0.6 is 38.9 Å². The minimum absolute atomic E-state index is 0.0721. The number of hydrogen-bond acceptors (Lipinski definition) is 4. The molecule has 0 saturated carbocycles. The first-order chi connectivity index (χ1) is 13.9. The van der Waals surface area contributed by atoms with E-state index in [0.717, 1.165) is 14.9 Å². The van der Waals surface area contributed by atoms with E-state index in [2.05, 4.69) is 15.9 Å². The smallest absolute Gasteiger partial charge is 0.300 e. The highest BCUT2D eigenvalue weighted by Gasteiger charge is 2.47. The summed E-state index contributed by atoms with van der Waals surface area (Å²) < 4.78 is 0.846. The number of ketones is 1. The Kier molecular flexibility index (Phi) is 5.34. The average Bonchev–Trinajstić information content (AvgIpc) is 3.23. The second-order valence-corrected chi connectivity index (χ2v) is 8.92. The molecule has 1 amide bonds. The number of hydrogen-bond donors (Lipinski definition) is 1. The van der Waals surface area contributed by atoms with Crippen molar-refractivity contribution in [1.29, 1.82) is 0 Å².